The first-order valence-corrected chi connectivity index (χ1v) is 10.8. The van der Waals surface area contributed by atoms with Crippen molar-refractivity contribution in [3.63, 3.8) is 0 Å². The van der Waals surface area contributed by atoms with Crippen molar-refractivity contribution in [2.24, 2.45) is 5.92 Å². The topological polar surface area (TPSA) is 92.8 Å². The Bertz CT molecular complexity index is 887. The van der Waals surface area contributed by atoms with E-state index in [4.69, 9.17) is 9.47 Å². The van der Waals surface area contributed by atoms with Gasteiger partial charge in [-0.05, 0) is 35.6 Å². The maximum Gasteiger partial charge on any atom is 0.318 e. The van der Waals surface area contributed by atoms with Crippen LogP contribution in [0.1, 0.15) is 31.4 Å². The van der Waals surface area contributed by atoms with Crippen LogP contribution in [-0.4, -0.2) is 48.6 Å². The molecule has 0 aliphatic carbocycles. The van der Waals surface area contributed by atoms with Gasteiger partial charge in [-0.15, -0.1) is 11.3 Å². The molecular weight excluding hydrogens is 404 g/mol. The van der Waals surface area contributed by atoms with E-state index >= 15 is 0 Å². The molecule has 9 heteroatoms. The Kier molecular flexibility index (Phi) is 7.15. The number of hydrogen-bond acceptors (Lipinski definition) is 6. The van der Waals surface area contributed by atoms with Gasteiger partial charge in [0.25, 0.3) is 0 Å². The van der Waals surface area contributed by atoms with Gasteiger partial charge in [0.05, 0.1) is 14.2 Å². The van der Waals surface area contributed by atoms with Gasteiger partial charge in [0.1, 0.15) is 6.04 Å². The second kappa shape index (κ2) is 9.80. The van der Waals surface area contributed by atoms with Gasteiger partial charge in [0.2, 0.25) is 5.91 Å². The number of nitrogens with zero attached hydrogens (tertiary/aromatic N) is 2. The highest BCUT2D eigenvalue weighted by Crippen LogP contribution is 2.33. The van der Waals surface area contributed by atoms with E-state index in [1.807, 2.05) is 26.0 Å². The summed E-state index contributed by atoms with van der Waals surface area (Å²) in [4.78, 5) is 31.6. The van der Waals surface area contributed by atoms with Crippen LogP contribution in [-0.2, 0) is 17.8 Å². The predicted molar refractivity (Wildman–Crippen MR) is 116 cm³/mol. The van der Waals surface area contributed by atoms with Crippen molar-refractivity contribution in [3.8, 4) is 11.5 Å². The lowest BCUT2D eigenvalue weighted by atomic mass is 9.97. The zero-order valence-electron chi connectivity index (χ0n) is 17.7. The van der Waals surface area contributed by atoms with Crippen molar-refractivity contribution in [1.82, 2.24) is 15.2 Å². The fourth-order valence-electron chi connectivity index (χ4n) is 3.45. The van der Waals surface area contributed by atoms with Crippen LogP contribution >= 0.6 is 11.3 Å². The molecular formula is C21H28N4O4S. The molecule has 0 radical (unpaired) electrons. The molecule has 3 rings (SSSR count). The summed E-state index contributed by atoms with van der Waals surface area (Å²) >= 11 is 1.35. The number of aromatic nitrogens is 1. The Hall–Kier alpha value is -2.81. The summed E-state index contributed by atoms with van der Waals surface area (Å²) < 4.78 is 10.8. The van der Waals surface area contributed by atoms with E-state index in [0.29, 0.717) is 36.1 Å². The molecule has 2 atom stereocenters. The Morgan fingerprint density at radius 2 is 1.93 bits per heavy atom. The number of methoxy groups -OCH3 is 2. The fraction of sp³-hybridized carbons (Fsp3) is 0.476. The van der Waals surface area contributed by atoms with Gasteiger partial charge in [0.15, 0.2) is 16.6 Å². The minimum absolute atomic E-state index is 0.0182. The smallest absolute Gasteiger partial charge is 0.318 e. The average Bonchev–Trinajstić information content (AvgIpc) is 3.28. The first-order chi connectivity index (χ1) is 14.5. The molecule has 1 aromatic heterocycles. The number of fused-ring (bicyclic) bond motifs is 1. The molecule has 1 aliphatic rings. The highest BCUT2D eigenvalue weighted by molar-refractivity contribution is 7.13. The molecule has 0 saturated heterocycles. The van der Waals surface area contributed by atoms with Crippen LogP contribution in [0.25, 0.3) is 0 Å². The summed E-state index contributed by atoms with van der Waals surface area (Å²) in [5.74, 6) is 1.05. The van der Waals surface area contributed by atoms with Crippen molar-refractivity contribution in [2.45, 2.75) is 39.3 Å². The minimum atomic E-state index is -0.641. The van der Waals surface area contributed by atoms with Gasteiger partial charge in [-0.25, -0.2) is 9.78 Å². The number of thiazole rings is 1. The second-order valence-corrected chi connectivity index (χ2v) is 8.18. The molecule has 2 aromatic rings. The van der Waals surface area contributed by atoms with Gasteiger partial charge >= 0.3 is 6.03 Å². The van der Waals surface area contributed by atoms with Gasteiger partial charge in [0, 0.05) is 24.7 Å². The Labute approximate surface area is 180 Å². The average molecular weight is 433 g/mol. The van der Waals surface area contributed by atoms with Crippen LogP contribution in [0.15, 0.2) is 23.7 Å². The number of ether oxygens (including phenoxy) is 2. The van der Waals surface area contributed by atoms with Crippen LogP contribution in [0.2, 0.25) is 0 Å². The van der Waals surface area contributed by atoms with Crippen LogP contribution < -0.4 is 20.1 Å². The van der Waals surface area contributed by atoms with Gasteiger partial charge < -0.3 is 25.0 Å². The van der Waals surface area contributed by atoms with E-state index in [1.54, 1.807) is 30.7 Å². The third-order valence-electron chi connectivity index (χ3n) is 5.44. The molecule has 1 aliphatic heterocycles. The predicted octanol–water partition coefficient (Wildman–Crippen LogP) is 3.28. The van der Waals surface area contributed by atoms with Crippen molar-refractivity contribution in [1.29, 1.82) is 0 Å². The number of rotatable bonds is 7. The van der Waals surface area contributed by atoms with Gasteiger partial charge in [-0.1, -0.05) is 20.3 Å². The van der Waals surface area contributed by atoms with E-state index in [1.165, 1.54) is 11.3 Å². The largest absolute Gasteiger partial charge is 0.493 e. The van der Waals surface area contributed by atoms with E-state index in [0.717, 1.165) is 17.5 Å². The Balaban J connectivity index is 1.71. The summed E-state index contributed by atoms with van der Waals surface area (Å²) in [7, 11) is 3.20. The van der Waals surface area contributed by atoms with E-state index in [2.05, 4.69) is 15.6 Å². The number of anilines is 1. The third-order valence-corrected chi connectivity index (χ3v) is 6.13. The first kappa shape index (κ1) is 21.9. The van der Waals surface area contributed by atoms with Crippen LogP contribution in [0.4, 0.5) is 9.93 Å². The summed E-state index contributed by atoms with van der Waals surface area (Å²) in [6, 6.07) is 2.98. The second-order valence-electron chi connectivity index (χ2n) is 7.29. The lowest BCUT2D eigenvalue weighted by molar-refractivity contribution is -0.119. The van der Waals surface area contributed by atoms with Crippen LogP contribution in [0, 0.1) is 5.92 Å². The molecule has 0 unspecified atom stereocenters. The minimum Gasteiger partial charge on any atom is -0.493 e. The monoisotopic (exact) mass is 432 g/mol. The lowest BCUT2D eigenvalue weighted by Crippen LogP contribution is -2.53. The molecule has 0 fully saturated rings. The lowest BCUT2D eigenvalue weighted by Gasteiger charge is -2.32. The molecule has 3 amide bonds. The quantitative estimate of drug-likeness (QED) is 0.700. The summed E-state index contributed by atoms with van der Waals surface area (Å²) in [6.45, 7) is 4.96. The van der Waals surface area contributed by atoms with E-state index in [9.17, 15) is 9.59 Å². The fourth-order valence-corrected chi connectivity index (χ4v) is 3.98. The molecule has 8 nitrogen and oxygen atoms in total. The standard InChI is InChI=1S/C21H28N4O4S/c1-5-13(2)18(19(26)24-20-22-7-9-30-20)23-21(27)25-8-6-14-10-16(28-3)17(29-4)11-15(14)12-25/h7,9-11,13,18H,5-6,8,12H2,1-4H3,(H,23,27)(H,22,24,26)/t13-,18+/m1/s1. The van der Waals surface area contributed by atoms with Crippen molar-refractivity contribution in [2.75, 3.05) is 26.1 Å². The number of carbonyl (C=O) groups excluding carboxylic acids is 2. The Morgan fingerprint density at radius 3 is 2.53 bits per heavy atom. The molecule has 30 heavy (non-hydrogen) atoms. The van der Waals surface area contributed by atoms with Crippen molar-refractivity contribution in [3.05, 3.63) is 34.8 Å². The van der Waals surface area contributed by atoms with Crippen molar-refractivity contribution < 1.29 is 19.1 Å². The maximum atomic E-state index is 13.0. The van der Waals surface area contributed by atoms with E-state index in [-0.39, 0.29) is 17.9 Å². The molecule has 2 heterocycles. The molecule has 2 N–H and O–H groups in total. The molecule has 162 valence electrons. The van der Waals surface area contributed by atoms with Gasteiger partial charge in [-0.3, -0.25) is 4.79 Å². The number of hydrogen-bond donors (Lipinski definition) is 2. The third kappa shape index (κ3) is 4.84. The molecule has 0 bridgehead atoms. The number of amides is 3. The number of urea groups is 1. The molecule has 0 saturated carbocycles. The zero-order chi connectivity index (χ0) is 21.7. The number of benzene rings is 1. The normalized spacial score (nSPS) is 15.0. The van der Waals surface area contributed by atoms with Crippen LogP contribution in [0.3, 0.4) is 0 Å². The summed E-state index contributed by atoms with van der Waals surface area (Å²) in [6.07, 6.45) is 3.10. The maximum absolute atomic E-state index is 13.0. The van der Waals surface area contributed by atoms with E-state index < -0.39 is 6.04 Å². The van der Waals surface area contributed by atoms with Gasteiger partial charge in [-0.2, -0.15) is 0 Å². The summed E-state index contributed by atoms with van der Waals surface area (Å²) in [5.41, 5.74) is 2.15. The molecule has 1 aromatic carbocycles. The highest BCUT2D eigenvalue weighted by atomic mass is 32.1. The van der Waals surface area contributed by atoms with Crippen LogP contribution in [0.5, 0.6) is 11.5 Å². The highest BCUT2D eigenvalue weighted by Gasteiger charge is 2.30. The number of carbonyl (C=O) groups is 2. The zero-order valence-corrected chi connectivity index (χ0v) is 18.5. The first-order valence-electron chi connectivity index (χ1n) is 9.96. The Morgan fingerprint density at radius 1 is 1.23 bits per heavy atom. The summed E-state index contributed by atoms with van der Waals surface area (Å²) in [5, 5.41) is 8.04. The SMILES string of the molecule is CC[C@@H](C)[C@H](NC(=O)N1CCc2cc(OC)c(OC)cc2C1)C(=O)Nc1nccs1. The number of nitrogens with one attached hydrogen (secondary N) is 2. The molecule has 0 spiro atoms. The van der Waals surface area contributed by atoms with Crippen molar-refractivity contribution >= 4 is 28.4 Å².